The Morgan fingerprint density at radius 1 is 1.05 bits per heavy atom. The summed E-state index contributed by atoms with van der Waals surface area (Å²) in [4.78, 5) is 15.1. The van der Waals surface area contributed by atoms with E-state index in [-0.39, 0.29) is 0 Å². The van der Waals surface area contributed by atoms with Crippen molar-refractivity contribution in [3.63, 3.8) is 0 Å². The van der Waals surface area contributed by atoms with Crippen LogP contribution in [0.2, 0.25) is 0 Å². The lowest BCUT2D eigenvalue weighted by atomic mass is 9.95. The van der Waals surface area contributed by atoms with Gasteiger partial charge in [-0.3, -0.25) is 0 Å². The highest BCUT2D eigenvalue weighted by atomic mass is 15.3. The third-order valence-corrected chi connectivity index (χ3v) is 4.30. The molecule has 1 aromatic heterocycles. The van der Waals surface area contributed by atoms with E-state index in [0.29, 0.717) is 23.9 Å². The monoisotopic (exact) mass is 262 g/mol. The molecule has 6 heteroatoms. The minimum absolute atomic E-state index is 0.542. The van der Waals surface area contributed by atoms with Crippen molar-refractivity contribution in [2.45, 2.75) is 31.7 Å². The van der Waals surface area contributed by atoms with Crippen LogP contribution in [-0.2, 0) is 0 Å². The molecule has 2 bridgehead atoms. The lowest BCUT2D eigenvalue weighted by Gasteiger charge is -2.23. The Bertz CT molecular complexity index is 460. The van der Waals surface area contributed by atoms with Crippen LogP contribution in [0.3, 0.4) is 0 Å². The molecule has 1 heterocycles. The van der Waals surface area contributed by atoms with Gasteiger partial charge >= 0.3 is 0 Å². The summed E-state index contributed by atoms with van der Waals surface area (Å²) in [6.07, 6.45) is 5.41. The summed E-state index contributed by atoms with van der Waals surface area (Å²) in [5.41, 5.74) is 0. The smallest absolute Gasteiger partial charge is 0.231 e. The van der Waals surface area contributed by atoms with Crippen molar-refractivity contribution >= 4 is 17.8 Å². The molecule has 104 valence electrons. The maximum Gasteiger partial charge on any atom is 0.231 e. The summed E-state index contributed by atoms with van der Waals surface area (Å²) in [5.74, 6) is 3.72. The molecule has 2 N–H and O–H groups in total. The Morgan fingerprint density at radius 2 is 1.84 bits per heavy atom. The molecule has 0 aliphatic heterocycles. The first-order valence-electron chi connectivity index (χ1n) is 7.03. The van der Waals surface area contributed by atoms with Crippen LogP contribution in [0.5, 0.6) is 0 Å². The van der Waals surface area contributed by atoms with Gasteiger partial charge in [-0.2, -0.15) is 15.0 Å². The first-order valence-corrected chi connectivity index (χ1v) is 7.03. The second-order valence-electron chi connectivity index (χ2n) is 5.85. The van der Waals surface area contributed by atoms with Gasteiger partial charge in [0.15, 0.2) is 0 Å². The van der Waals surface area contributed by atoms with Crippen LogP contribution in [-0.4, -0.2) is 42.1 Å². The minimum Gasteiger partial charge on any atom is -0.357 e. The van der Waals surface area contributed by atoms with E-state index in [4.69, 9.17) is 0 Å². The fourth-order valence-corrected chi connectivity index (χ4v) is 3.33. The largest absolute Gasteiger partial charge is 0.357 e. The van der Waals surface area contributed by atoms with E-state index in [1.807, 2.05) is 26.0 Å². The quantitative estimate of drug-likeness (QED) is 0.859. The molecule has 6 nitrogen and oxygen atoms in total. The second-order valence-corrected chi connectivity index (χ2v) is 5.85. The van der Waals surface area contributed by atoms with Gasteiger partial charge in [-0.1, -0.05) is 6.42 Å². The highest BCUT2D eigenvalue weighted by Gasteiger charge is 2.39. The van der Waals surface area contributed by atoms with Gasteiger partial charge in [0.25, 0.3) is 0 Å². The number of nitrogens with one attached hydrogen (secondary N) is 2. The standard InChI is InChI=1S/C13H22N6/c1-14-11-16-12(18-13(17-11)19(2)3)15-10-7-8-4-5-9(10)6-8/h8-10H,4-7H2,1-3H3,(H2,14,15,16,17,18). The molecule has 0 radical (unpaired) electrons. The van der Waals surface area contributed by atoms with Gasteiger partial charge in [-0.25, -0.2) is 0 Å². The fraction of sp³-hybridized carbons (Fsp3) is 0.769. The van der Waals surface area contributed by atoms with Crippen molar-refractivity contribution < 1.29 is 0 Å². The van der Waals surface area contributed by atoms with E-state index in [1.54, 1.807) is 0 Å². The maximum absolute atomic E-state index is 4.48. The first kappa shape index (κ1) is 12.4. The SMILES string of the molecule is CNc1nc(NC2CC3CCC2C3)nc(N(C)C)n1. The lowest BCUT2D eigenvalue weighted by molar-refractivity contribution is 0.438. The van der Waals surface area contributed by atoms with Gasteiger partial charge in [0.1, 0.15) is 0 Å². The zero-order valence-corrected chi connectivity index (χ0v) is 11.8. The number of aromatic nitrogens is 3. The number of rotatable bonds is 4. The zero-order valence-electron chi connectivity index (χ0n) is 11.8. The highest BCUT2D eigenvalue weighted by Crippen LogP contribution is 2.45. The van der Waals surface area contributed by atoms with Crippen LogP contribution < -0.4 is 15.5 Å². The van der Waals surface area contributed by atoms with Crippen LogP contribution in [0, 0.1) is 11.8 Å². The van der Waals surface area contributed by atoms with Gasteiger partial charge in [-0.05, 0) is 31.1 Å². The van der Waals surface area contributed by atoms with Crippen molar-refractivity contribution in [1.82, 2.24) is 15.0 Å². The molecule has 0 saturated heterocycles. The van der Waals surface area contributed by atoms with Crippen LogP contribution in [0.1, 0.15) is 25.7 Å². The second kappa shape index (κ2) is 4.83. The molecular formula is C13H22N6. The molecule has 1 aromatic rings. The Kier molecular flexibility index (Phi) is 3.16. The Balaban J connectivity index is 1.78. The normalized spacial score (nSPS) is 28.5. The fourth-order valence-electron chi connectivity index (χ4n) is 3.33. The third kappa shape index (κ3) is 2.43. The first-order chi connectivity index (χ1) is 9.15. The predicted octanol–water partition coefficient (Wildman–Crippen LogP) is 1.58. The van der Waals surface area contributed by atoms with Gasteiger partial charge in [0.2, 0.25) is 17.8 Å². The molecule has 0 spiro atoms. The summed E-state index contributed by atoms with van der Waals surface area (Å²) in [6.45, 7) is 0. The Morgan fingerprint density at radius 3 is 2.42 bits per heavy atom. The summed E-state index contributed by atoms with van der Waals surface area (Å²) in [7, 11) is 5.71. The van der Waals surface area contributed by atoms with Crippen molar-refractivity contribution in [3.8, 4) is 0 Å². The lowest BCUT2D eigenvalue weighted by Crippen LogP contribution is -2.27. The summed E-state index contributed by atoms with van der Waals surface area (Å²) in [5, 5.41) is 6.51. The van der Waals surface area contributed by atoms with Crippen molar-refractivity contribution in [3.05, 3.63) is 0 Å². The van der Waals surface area contributed by atoms with E-state index in [1.165, 1.54) is 25.7 Å². The van der Waals surface area contributed by atoms with Crippen molar-refractivity contribution in [1.29, 1.82) is 0 Å². The number of fused-ring (bicyclic) bond motifs is 2. The molecule has 0 aromatic carbocycles. The van der Waals surface area contributed by atoms with Crippen LogP contribution in [0.4, 0.5) is 17.8 Å². The van der Waals surface area contributed by atoms with Crippen molar-refractivity contribution in [2.24, 2.45) is 11.8 Å². The van der Waals surface area contributed by atoms with E-state index < -0.39 is 0 Å². The summed E-state index contributed by atoms with van der Waals surface area (Å²) < 4.78 is 0. The molecule has 2 fully saturated rings. The molecule has 19 heavy (non-hydrogen) atoms. The molecule has 2 aliphatic rings. The topological polar surface area (TPSA) is 66.0 Å². The van der Waals surface area contributed by atoms with Crippen LogP contribution >= 0.6 is 0 Å². The van der Waals surface area contributed by atoms with Gasteiger partial charge in [-0.15, -0.1) is 0 Å². The molecule has 3 atom stereocenters. The zero-order chi connectivity index (χ0) is 13.4. The number of hydrogen-bond acceptors (Lipinski definition) is 6. The van der Waals surface area contributed by atoms with Crippen molar-refractivity contribution in [2.75, 3.05) is 36.7 Å². The van der Waals surface area contributed by atoms with E-state index in [2.05, 4.69) is 25.6 Å². The average molecular weight is 262 g/mol. The summed E-state index contributed by atoms with van der Waals surface area (Å²) in [6, 6.07) is 0.542. The number of anilines is 3. The average Bonchev–Trinajstić information content (AvgIpc) is 3.00. The van der Waals surface area contributed by atoms with Crippen LogP contribution in [0.15, 0.2) is 0 Å². The van der Waals surface area contributed by atoms with E-state index in [9.17, 15) is 0 Å². The van der Waals surface area contributed by atoms with Gasteiger partial charge in [0, 0.05) is 27.2 Å². The van der Waals surface area contributed by atoms with E-state index in [0.717, 1.165) is 11.8 Å². The molecule has 3 unspecified atom stereocenters. The molecule has 0 amide bonds. The highest BCUT2D eigenvalue weighted by molar-refractivity contribution is 5.43. The molecule has 3 rings (SSSR count). The molecule has 2 aliphatic carbocycles. The maximum atomic E-state index is 4.48. The van der Waals surface area contributed by atoms with Gasteiger partial charge in [0.05, 0.1) is 0 Å². The van der Waals surface area contributed by atoms with Crippen LogP contribution in [0.25, 0.3) is 0 Å². The summed E-state index contributed by atoms with van der Waals surface area (Å²) >= 11 is 0. The molecular weight excluding hydrogens is 240 g/mol. The third-order valence-electron chi connectivity index (χ3n) is 4.30. The van der Waals surface area contributed by atoms with E-state index >= 15 is 0 Å². The Labute approximate surface area is 114 Å². The molecule has 2 saturated carbocycles. The Hall–Kier alpha value is -1.59. The number of hydrogen-bond donors (Lipinski definition) is 2. The predicted molar refractivity (Wildman–Crippen MR) is 76.6 cm³/mol. The number of nitrogens with zero attached hydrogens (tertiary/aromatic N) is 4. The van der Waals surface area contributed by atoms with Gasteiger partial charge < -0.3 is 15.5 Å². The minimum atomic E-state index is 0.542.